The number of amides is 1. The highest BCUT2D eigenvalue weighted by Crippen LogP contribution is 2.29. The summed E-state index contributed by atoms with van der Waals surface area (Å²) in [7, 11) is 0. The van der Waals surface area contributed by atoms with Gasteiger partial charge >= 0.3 is 6.09 Å². The molecule has 4 aromatic rings. The lowest BCUT2D eigenvalue weighted by molar-refractivity contribution is 0.0898. The van der Waals surface area contributed by atoms with Crippen molar-refractivity contribution in [3.8, 4) is 11.3 Å². The summed E-state index contributed by atoms with van der Waals surface area (Å²) in [6.07, 6.45) is -0.343. The number of anilines is 2. The molecule has 1 fully saturated rings. The van der Waals surface area contributed by atoms with E-state index < -0.39 is 0 Å². The molecule has 0 unspecified atom stereocenters. The Bertz CT molecular complexity index is 1350. The SMILES string of the molecule is C[C@H]1CN(C(=O)OCc2ccccc2)CCN1c1nc(N)nc2ccc(-c3ccc(F)cc3)nc12. The molecule has 35 heavy (non-hydrogen) atoms. The van der Waals surface area contributed by atoms with Crippen LogP contribution in [0.25, 0.3) is 22.3 Å². The van der Waals surface area contributed by atoms with Gasteiger partial charge in [-0.2, -0.15) is 4.98 Å². The number of nitrogens with two attached hydrogens (primary N) is 1. The minimum atomic E-state index is -0.343. The molecule has 9 heteroatoms. The van der Waals surface area contributed by atoms with Gasteiger partial charge in [0.05, 0.1) is 11.2 Å². The molecule has 3 heterocycles. The second kappa shape index (κ2) is 9.54. The fourth-order valence-electron chi connectivity index (χ4n) is 4.25. The Morgan fingerprint density at radius 3 is 2.54 bits per heavy atom. The zero-order chi connectivity index (χ0) is 24.4. The minimum Gasteiger partial charge on any atom is -0.445 e. The molecule has 8 nitrogen and oxygen atoms in total. The Morgan fingerprint density at radius 2 is 1.80 bits per heavy atom. The number of ether oxygens (including phenoxy) is 1. The van der Waals surface area contributed by atoms with E-state index in [2.05, 4.69) is 14.9 Å². The van der Waals surface area contributed by atoms with Crippen LogP contribution in [0, 0.1) is 5.82 Å². The number of hydrogen-bond donors (Lipinski definition) is 1. The zero-order valence-electron chi connectivity index (χ0n) is 19.3. The van der Waals surface area contributed by atoms with Crippen molar-refractivity contribution in [1.82, 2.24) is 19.9 Å². The van der Waals surface area contributed by atoms with Gasteiger partial charge in [-0.1, -0.05) is 30.3 Å². The molecule has 5 rings (SSSR count). The van der Waals surface area contributed by atoms with E-state index in [9.17, 15) is 9.18 Å². The molecule has 1 saturated heterocycles. The number of rotatable bonds is 4. The third-order valence-corrected chi connectivity index (χ3v) is 6.04. The van der Waals surface area contributed by atoms with Crippen molar-refractivity contribution >= 4 is 28.9 Å². The normalized spacial score (nSPS) is 15.9. The van der Waals surface area contributed by atoms with Crippen LogP contribution in [0.1, 0.15) is 12.5 Å². The van der Waals surface area contributed by atoms with Gasteiger partial charge in [0, 0.05) is 31.2 Å². The number of pyridine rings is 1. The quantitative estimate of drug-likeness (QED) is 0.474. The fourth-order valence-corrected chi connectivity index (χ4v) is 4.25. The fraction of sp³-hybridized carbons (Fsp3) is 0.231. The molecule has 0 bridgehead atoms. The molecular formula is C26H25FN6O2. The molecular weight excluding hydrogens is 447 g/mol. The van der Waals surface area contributed by atoms with Crippen LogP contribution >= 0.6 is 0 Å². The highest BCUT2D eigenvalue weighted by molar-refractivity contribution is 5.89. The molecule has 0 spiro atoms. The first-order valence-electron chi connectivity index (χ1n) is 11.4. The minimum absolute atomic E-state index is 0.0539. The molecule has 178 valence electrons. The van der Waals surface area contributed by atoms with Crippen molar-refractivity contribution in [2.75, 3.05) is 30.3 Å². The molecule has 2 aromatic heterocycles. The molecule has 2 aromatic carbocycles. The third kappa shape index (κ3) is 4.84. The standard InChI is InChI=1S/C26H25FN6O2/c1-17-15-32(26(34)35-16-18-5-3-2-4-6-18)13-14-33(17)24-23-22(30-25(28)31-24)12-11-21(29-23)19-7-9-20(27)10-8-19/h2-12,17H,13-16H2,1H3,(H2,28,30,31)/t17-/m0/s1. The van der Waals surface area contributed by atoms with Gasteiger partial charge in [0.25, 0.3) is 0 Å². The van der Waals surface area contributed by atoms with Crippen molar-refractivity contribution in [1.29, 1.82) is 0 Å². The first-order chi connectivity index (χ1) is 17.0. The monoisotopic (exact) mass is 472 g/mol. The van der Waals surface area contributed by atoms with Crippen LogP contribution in [0.2, 0.25) is 0 Å². The summed E-state index contributed by atoms with van der Waals surface area (Å²) in [5.41, 5.74) is 9.65. The number of aromatic nitrogens is 3. The van der Waals surface area contributed by atoms with E-state index >= 15 is 0 Å². The van der Waals surface area contributed by atoms with Crippen LogP contribution in [0.15, 0.2) is 66.7 Å². The Morgan fingerprint density at radius 1 is 1.03 bits per heavy atom. The number of benzene rings is 2. The van der Waals surface area contributed by atoms with Gasteiger partial charge in [0.2, 0.25) is 5.95 Å². The van der Waals surface area contributed by atoms with Gasteiger partial charge in [0.1, 0.15) is 17.9 Å². The summed E-state index contributed by atoms with van der Waals surface area (Å²) in [5, 5.41) is 0. The number of halogens is 1. The first kappa shape index (κ1) is 22.5. The summed E-state index contributed by atoms with van der Waals surface area (Å²) < 4.78 is 18.9. The molecule has 1 aliphatic heterocycles. The van der Waals surface area contributed by atoms with Crippen molar-refractivity contribution in [2.24, 2.45) is 0 Å². The molecule has 1 amide bonds. The Kier molecular flexibility index (Phi) is 6.13. The lowest BCUT2D eigenvalue weighted by atomic mass is 10.1. The molecule has 0 aliphatic carbocycles. The number of fused-ring (bicyclic) bond motifs is 1. The summed E-state index contributed by atoms with van der Waals surface area (Å²) in [6, 6.07) is 19.4. The lowest BCUT2D eigenvalue weighted by Crippen LogP contribution is -2.54. The van der Waals surface area contributed by atoms with Gasteiger partial charge < -0.3 is 20.3 Å². The van der Waals surface area contributed by atoms with E-state index in [1.807, 2.05) is 49.4 Å². The van der Waals surface area contributed by atoms with Crippen LogP contribution in [0.3, 0.4) is 0 Å². The van der Waals surface area contributed by atoms with Crippen LogP contribution in [0.4, 0.5) is 21.0 Å². The number of piperazine rings is 1. The second-order valence-corrected chi connectivity index (χ2v) is 8.51. The van der Waals surface area contributed by atoms with Gasteiger partial charge in [-0.15, -0.1) is 0 Å². The van der Waals surface area contributed by atoms with Crippen molar-refractivity contribution in [2.45, 2.75) is 19.6 Å². The average molecular weight is 473 g/mol. The summed E-state index contributed by atoms with van der Waals surface area (Å²) in [6.45, 7) is 3.73. The topological polar surface area (TPSA) is 97.5 Å². The van der Waals surface area contributed by atoms with Gasteiger partial charge in [-0.3, -0.25) is 0 Å². The van der Waals surface area contributed by atoms with Crippen LogP contribution in [0.5, 0.6) is 0 Å². The number of carbonyl (C=O) groups is 1. The summed E-state index contributed by atoms with van der Waals surface area (Å²) in [4.78, 5) is 30.1. The van der Waals surface area contributed by atoms with Crippen LogP contribution in [-0.2, 0) is 11.3 Å². The van der Waals surface area contributed by atoms with Crippen LogP contribution < -0.4 is 10.6 Å². The van der Waals surface area contributed by atoms with E-state index in [1.165, 1.54) is 12.1 Å². The van der Waals surface area contributed by atoms with E-state index in [0.29, 0.717) is 42.2 Å². The second-order valence-electron chi connectivity index (χ2n) is 8.51. The smallest absolute Gasteiger partial charge is 0.410 e. The largest absolute Gasteiger partial charge is 0.445 e. The van der Waals surface area contributed by atoms with E-state index in [4.69, 9.17) is 15.5 Å². The Labute approximate surface area is 202 Å². The first-order valence-corrected chi connectivity index (χ1v) is 11.4. The maximum Gasteiger partial charge on any atom is 0.410 e. The third-order valence-electron chi connectivity index (χ3n) is 6.04. The summed E-state index contributed by atoms with van der Waals surface area (Å²) >= 11 is 0. The highest BCUT2D eigenvalue weighted by atomic mass is 19.1. The highest BCUT2D eigenvalue weighted by Gasteiger charge is 2.30. The number of nitrogens with zero attached hydrogens (tertiary/aromatic N) is 5. The Balaban J connectivity index is 1.36. The predicted molar refractivity (Wildman–Crippen MR) is 132 cm³/mol. The average Bonchev–Trinajstić information content (AvgIpc) is 2.87. The molecule has 1 aliphatic rings. The maximum absolute atomic E-state index is 13.4. The molecule has 2 N–H and O–H groups in total. The van der Waals surface area contributed by atoms with Gasteiger partial charge in [0.15, 0.2) is 5.82 Å². The zero-order valence-corrected chi connectivity index (χ0v) is 19.3. The van der Waals surface area contributed by atoms with E-state index in [-0.39, 0.29) is 30.5 Å². The van der Waals surface area contributed by atoms with E-state index in [0.717, 1.165) is 11.1 Å². The van der Waals surface area contributed by atoms with E-state index in [1.54, 1.807) is 17.0 Å². The molecule has 1 atom stereocenters. The number of carbonyl (C=O) groups excluding carboxylic acids is 1. The predicted octanol–water partition coefficient (Wildman–Crippen LogP) is 4.26. The molecule has 0 saturated carbocycles. The number of hydrogen-bond acceptors (Lipinski definition) is 7. The molecule has 0 radical (unpaired) electrons. The van der Waals surface area contributed by atoms with Gasteiger partial charge in [-0.25, -0.2) is 19.2 Å². The van der Waals surface area contributed by atoms with Crippen LogP contribution in [-0.4, -0.2) is 51.6 Å². The van der Waals surface area contributed by atoms with Crippen molar-refractivity contribution in [3.05, 3.63) is 78.1 Å². The summed E-state index contributed by atoms with van der Waals surface area (Å²) in [5.74, 6) is 0.460. The Hall–Kier alpha value is -4.27. The van der Waals surface area contributed by atoms with Gasteiger partial charge in [-0.05, 0) is 48.9 Å². The number of nitrogen functional groups attached to an aromatic ring is 1. The van der Waals surface area contributed by atoms with Crippen molar-refractivity contribution in [3.63, 3.8) is 0 Å². The van der Waals surface area contributed by atoms with Crippen molar-refractivity contribution < 1.29 is 13.9 Å². The lowest BCUT2D eigenvalue weighted by Gasteiger charge is -2.40. The maximum atomic E-state index is 13.4.